The van der Waals surface area contributed by atoms with Crippen molar-refractivity contribution in [3.63, 3.8) is 0 Å². The smallest absolute Gasteiger partial charge is 0.338 e. The van der Waals surface area contributed by atoms with Gasteiger partial charge in [0.15, 0.2) is 6.61 Å². The number of nitrogens with one attached hydrogen (secondary N) is 1. The first-order valence-corrected chi connectivity index (χ1v) is 11.5. The van der Waals surface area contributed by atoms with Gasteiger partial charge in [0.2, 0.25) is 5.91 Å². The first kappa shape index (κ1) is 25.5. The van der Waals surface area contributed by atoms with Gasteiger partial charge in [-0.1, -0.05) is 36.5 Å². The predicted octanol–water partition coefficient (Wildman–Crippen LogP) is 4.49. The molecular formula is C24H24Cl2N2O6. The van der Waals surface area contributed by atoms with Gasteiger partial charge in [-0.05, 0) is 48.9 Å². The SMILES string of the molecule is CCCCOC(=O)c1ccc(N2C[C@@H](C(=O)OCC(=O)Nc3ccc(Cl)cc3Cl)CC2=O)cc1. The van der Waals surface area contributed by atoms with Crippen LogP contribution < -0.4 is 10.2 Å². The van der Waals surface area contributed by atoms with Crippen molar-refractivity contribution < 1.29 is 28.7 Å². The molecule has 0 unspecified atom stereocenters. The van der Waals surface area contributed by atoms with Gasteiger partial charge in [0.05, 0.1) is 28.8 Å². The molecule has 1 saturated heterocycles. The van der Waals surface area contributed by atoms with E-state index >= 15 is 0 Å². The molecule has 1 heterocycles. The van der Waals surface area contributed by atoms with Gasteiger partial charge >= 0.3 is 11.9 Å². The molecule has 2 aromatic carbocycles. The molecule has 1 aliphatic heterocycles. The van der Waals surface area contributed by atoms with Crippen molar-refractivity contribution in [3.05, 3.63) is 58.1 Å². The van der Waals surface area contributed by atoms with E-state index in [0.29, 0.717) is 28.6 Å². The lowest BCUT2D eigenvalue weighted by Crippen LogP contribution is -2.28. The quantitative estimate of drug-likeness (QED) is 0.397. The lowest BCUT2D eigenvalue weighted by Gasteiger charge is -2.17. The van der Waals surface area contributed by atoms with Crippen molar-refractivity contribution in [3.8, 4) is 0 Å². The number of nitrogens with zero attached hydrogens (tertiary/aromatic N) is 1. The van der Waals surface area contributed by atoms with Crippen LogP contribution in [0.25, 0.3) is 0 Å². The molecule has 1 fully saturated rings. The largest absolute Gasteiger partial charge is 0.462 e. The Morgan fingerprint density at radius 3 is 2.50 bits per heavy atom. The van der Waals surface area contributed by atoms with E-state index in [4.69, 9.17) is 32.7 Å². The molecule has 180 valence electrons. The Labute approximate surface area is 207 Å². The zero-order valence-electron chi connectivity index (χ0n) is 18.5. The molecular weight excluding hydrogens is 483 g/mol. The number of anilines is 2. The number of unbranched alkanes of at least 4 members (excludes halogenated alkanes) is 1. The number of hydrogen-bond acceptors (Lipinski definition) is 6. The lowest BCUT2D eigenvalue weighted by atomic mass is 10.1. The van der Waals surface area contributed by atoms with Crippen molar-refractivity contribution in [2.75, 3.05) is 30.0 Å². The van der Waals surface area contributed by atoms with Gasteiger partial charge in [-0.3, -0.25) is 14.4 Å². The number of carbonyl (C=O) groups is 4. The Balaban J connectivity index is 1.51. The first-order valence-electron chi connectivity index (χ1n) is 10.8. The predicted molar refractivity (Wildman–Crippen MR) is 128 cm³/mol. The van der Waals surface area contributed by atoms with Crippen LogP contribution in [0.5, 0.6) is 0 Å². The monoisotopic (exact) mass is 506 g/mol. The standard InChI is InChI=1S/C24H24Cl2N2O6/c1-2-3-10-33-23(31)15-4-7-18(8-5-15)28-13-16(11-22(28)30)24(32)34-14-21(29)27-20-9-6-17(25)12-19(20)26/h4-9,12,16H,2-3,10-11,13-14H2,1H3,(H,27,29)/t16-/m0/s1. The topological polar surface area (TPSA) is 102 Å². The molecule has 2 amide bonds. The van der Waals surface area contributed by atoms with Gasteiger partial charge in [-0.2, -0.15) is 0 Å². The molecule has 0 aromatic heterocycles. The maximum absolute atomic E-state index is 12.4. The molecule has 0 bridgehead atoms. The van der Waals surface area contributed by atoms with Gasteiger partial charge in [-0.15, -0.1) is 0 Å². The number of carbonyl (C=O) groups excluding carboxylic acids is 4. The number of amides is 2. The van der Waals surface area contributed by atoms with E-state index < -0.39 is 30.4 Å². The van der Waals surface area contributed by atoms with Crippen LogP contribution in [0, 0.1) is 5.92 Å². The molecule has 2 aromatic rings. The van der Waals surface area contributed by atoms with Crippen molar-refractivity contribution in [2.24, 2.45) is 5.92 Å². The minimum atomic E-state index is -0.710. The second kappa shape index (κ2) is 11.9. The molecule has 0 saturated carbocycles. The summed E-state index contributed by atoms with van der Waals surface area (Å²) in [6.07, 6.45) is 1.68. The maximum Gasteiger partial charge on any atom is 0.338 e. The van der Waals surface area contributed by atoms with E-state index in [1.807, 2.05) is 6.92 Å². The molecule has 1 aliphatic rings. The first-order chi connectivity index (χ1) is 16.3. The molecule has 8 nitrogen and oxygen atoms in total. The highest BCUT2D eigenvalue weighted by atomic mass is 35.5. The number of halogens is 2. The van der Waals surface area contributed by atoms with Gasteiger partial charge in [0, 0.05) is 23.7 Å². The molecule has 1 atom stereocenters. The van der Waals surface area contributed by atoms with Crippen molar-refractivity contribution >= 4 is 58.3 Å². The van der Waals surface area contributed by atoms with Gasteiger partial charge in [0.1, 0.15) is 0 Å². The minimum Gasteiger partial charge on any atom is -0.462 e. The highest BCUT2D eigenvalue weighted by molar-refractivity contribution is 6.36. The van der Waals surface area contributed by atoms with Crippen LogP contribution in [0.2, 0.25) is 10.0 Å². The third-order valence-electron chi connectivity index (χ3n) is 5.15. The summed E-state index contributed by atoms with van der Waals surface area (Å²) in [6.45, 7) is 1.96. The third kappa shape index (κ3) is 6.71. The average Bonchev–Trinajstić information content (AvgIpc) is 3.21. The van der Waals surface area contributed by atoms with Crippen molar-refractivity contribution in [1.29, 1.82) is 0 Å². The Morgan fingerprint density at radius 2 is 1.82 bits per heavy atom. The number of esters is 2. The van der Waals surface area contributed by atoms with Gasteiger partial charge < -0.3 is 19.7 Å². The molecule has 0 radical (unpaired) electrons. The molecule has 0 spiro atoms. The molecule has 0 aliphatic carbocycles. The van der Waals surface area contributed by atoms with Crippen LogP contribution in [-0.4, -0.2) is 43.5 Å². The van der Waals surface area contributed by atoms with Crippen LogP contribution in [0.1, 0.15) is 36.5 Å². The highest BCUT2D eigenvalue weighted by Crippen LogP contribution is 2.27. The summed E-state index contributed by atoms with van der Waals surface area (Å²) in [7, 11) is 0. The summed E-state index contributed by atoms with van der Waals surface area (Å²) in [4.78, 5) is 50.4. The highest BCUT2D eigenvalue weighted by Gasteiger charge is 2.36. The van der Waals surface area contributed by atoms with Crippen LogP contribution in [0.3, 0.4) is 0 Å². The Kier molecular flexibility index (Phi) is 8.90. The summed E-state index contributed by atoms with van der Waals surface area (Å²) in [6, 6.07) is 11.0. The number of hydrogen-bond donors (Lipinski definition) is 1. The van der Waals surface area contributed by atoms with E-state index in [9.17, 15) is 19.2 Å². The number of benzene rings is 2. The van der Waals surface area contributed by atoms with Crippen molar-refractivity contribution in [1.82, 2.24) is 0 Å². The van der Waals surface area contributed by atoms with E-state index in [1.54, 1.807) is 30.3 Å². The fourth-order valence-electron chi connectivity index (χ4n) is 3.32. The minimum absolute atomic E-state index is 0.0374. The van der Waals surface area contributed by atoms with E-state index in [1.165, 1.54) is 17.0 Å². The fourth-order valence-corrected chi connectivity index (χ4v) is 3.77. The Hall–Kier alpha value is -3.10. The zero-order chi connectivity index (χ0) is 24.7. The summed E-state index contributed by atoms with van der Waals surface area (Å²) in [5, 5.41) is 3.21. The maximum atomic E-state index is 12.4. The van der Waals surface area contributed by atoms with Gasteiger partial charge in [-0.25, -0.2) is 4.79 Å². The van der Waals surface area contributed by atoms with Crippen LogP contribution in [0.4, 0.5) is 11.4 Å². The van der Waals surface area contributed by atoms with Crippen LogP contribution in [0.15, 0.2) is 42.5 Å². The second-order valence-corrected chi connectivity index (χ2v) is 8.57. The van der Waals surface area contributed by atoms with Gasteiger partial charge in [0.25, 0.3) is 5.91 Å². The average molecular weight is 507 g/mol. The lowest BCUT2D eigenvalue weighted by molar-refractivity contribution is -0.151. The normalized spacial score (nSPS) is 15.2. The summed E-state index contributed by atoms with van der Waals surface area (Å²) < 4.78 is 10.3. The Morgan fingerprint density at radius 1 is 1.09 bits per heavy atom. The van der Waals surface area contributed by atoms with Crippen LogP contribution in [-0.2, 0) is 23.9 Å². The van der Waals surface area contributed by atoms with E-state index in [2.05, 4.69) is 5.32 Å². The molecule has 3 rings (SSSR count). The molecule has 34 heavy (non-hydrogen) atoms. The van der Waals surface area contributed by atoms with Crippen molar-refractivity contribution in [2.45, 2.75) is 26.2 Å². The van der Waals surface area contributed by atoms with Crippen LogP contribution >= 0.6 is 23.2 Å². The summed E-state index contributed by atoms with van der Waals surface area (Å²) in [5.41, 5.74) is 1.28. The molecule has 10 heteroatoms. The van der Waals surface area contributed by atoms with E-state index in [-0.39, 0.29) is 23.9 Å². The summed E-state index contributed by atoms with van der Waals surface area (Å²) in [5.74, 6) is -2.60. The fraction of sp³-hybridized carbons (Fsp3) is 0.333. The Bertz CT molecular complexity index is 1070. The zero-order valence-corrected chi connectivity index (χ0v) is 20.0. The number of rotatable bonds is 9. The molecule has 1 N–H and O–H groups in total. The second-order valence-electron chi connectivity index (χ2n) is 7.72. The summed E-state index contributed by atoms with van der Waals surface area (Å²) >= 11 is 11.8. The third-order valence-corrected chi connectivity index (χ3v) is 5.70. The van der Waals surface area contributed by atoms with E-state index in [0.717, 1.165) is 12.8 Å². The number of ether oxygens (including phenoxy) is 2.